The van der Waals surface area contributed by atoms with Crippen molar-refractivity contribution in [2.75, 3.05) is 12.5 Å². The lowest BCUT2D eigenvalue weighted by Crippen LogP contribution is -2.17. The molecule has 1 aliphatic rings. The molecule has 4 heteroatoms. The number of alkyl halides is 1. The summed E-state index contributed by atoms with van der Waals surface area (Å²) in [6.07, 6.45) is 2.53. The summed E-state index contributed by atoms with van der Waals surface area (Å²) in [4.78, 5) is 11.7. The van der Waals surface area contributed by atoms with Gasteiger partial charge in [0.1, 0.15) is 0 Å². The van der Waals surface area contributed by atoms with Gasteiger partial charge in [-0.2, -0.15) is 0 Å². The molecule has 0 radical (unpaired) electrons. The first-order chi connectivity index (χ1) is 8.13. The molecule has 17 heavy (non-hydrogen) atoms. The van der Waals surface area contributed by atoms with E-state index in [2.05, 4.69) is 4.57 Å². The number of aromatic nitrogens is 1. The van der Waals surface area contributed by atoms with E-state index in [1.807, 2.05) is 19.9 Å². The summed E-state index contributed by atoms with van der Waals surface area (Å²) in [5, 5.41) is 0. The standard InChI is InChI=1S/C13H18ClNO2/c1-9-6-12(13(16)7-14)10(2)15(9)8-11-4-3-5-17-11/h6,11H,3-5,7-8H2,1-2H3/t11-/m0/s1. The zero-order valence-corrected chi connectivity index (χ0v) is 11.1. The molecule has 1 aromatic heterocycles. The molecule has 1 aromatic rings. The van der Waals surface area contributed by atoms with E-state index in [4.69, 9.17) is 16.3 Å². The van der Waals surface area contributed by atoms with Crippen LogP contribution in [0.15, 0.2) is 6.07 Å². The minimum absolute atomic E-state index is 0.00152. The zero-order chi connectivity index (χ0) is 12.4. The molecule has 0 aliphatic carbocycles. The third-order valence-electron chi connectivity index (χ3n) is 3.41. The quantitative estimate of drug-likeness (QED) is 0.612. The number of aryl methyl sites for hydroxylation is 1. The summed E-state index contributed by atoms with van der Waals surface area (Å²) in [6.45, 7) is 5.69. The van der Waals surface area contributed by atoms with E-state index in [9.17, 15) is 4.79 Å². The van der Waals surface area contributed by atoms with Gasteiger partial charge in [0.2, 0.25) is 0 Å². The van der Waals surface area contributed by atoms with Crippen molar-refractivity contribution >= 4 is 17.4 Å². The van der Waals surface area contributed by atoms with Crippen LogP contribution in [0.1, 0.15) is 34.6 Å². The molecule has 1 saturated heterocycles. The molecule has 1 fully saturated rings. The van der Waals surface area contributed by atoms with E-state index in [1.54, 1.807) is 0 Å². The number of hydrogen-bond donors (Lipinski definition) is 0. The van der Waals surface area contributed by atoms with E-state index in [-0.39, 0.29) is 11.7 Å². The van der Waals surface area contributed by atoms with E-state index < -0.39 is 0 Å². The lowest BCUT2D eigenvalue weighted by Gasteiger charge is -2.14. The third kappa shape index (κ3) is 2.55. The Hall–Kier alpha value is -0.800. The van der Waals surface area contributed by atoms with Crippen molar-refractivity contribution in [1.29, 1.82) is 0 Å². The fourth-order valence-electron chi connectivity index (χ4n) is 2.43. The van der Waals surface area contributed by atoms with Gasteiger partial charge in [0, 0.05) is 30.1 Å². The van der Waals surface area contributed by atoms with Crippen molar-refractivity contribution in [3.8, 4) is 0 Å². The van der Waals surface area contributed by atoms with Crippen LogP contribution in [0.25, 0.3) is 0 Å². The predicted octanol–water partition coefficient (Wildman–Crippen LogP) is 2.71. The molecule has 3 nitrogen and oxygen atoms in total. The number of carbonyl (C=O) groups excluding carboxylic acids is 1. The van der Waals surface area contributed by atoms with E-state index >= 15 is 0 Å². The van der Waals surface area contributed by atoms with Gasteiger partial charge in [-0.3, -0.25) is 4.79 Å². The number of rotatable bonds is 4. The maximum Gasteiger partial charge on any atom is 0.179 e. The SMILES string of the molecule is Cc1cc(C(=O)CCl)c(C)n1C[C@@H]1CCCO1. The average molecular weight is 256 g/mol. The summed E-state index contributed by atoms with van der Waals surface area (Å²) in [5.41, 5.74) is 2.85. The van der Waals surface area contributed by atoms with Gasteiger partial charge in [0.15, 0.2) is 5.78 Å². The van der Waals surface area contributed by atoms with Gasteiger partial charge in [0.25, 0.3) is 0 Å². The molecule has 0 saturated carbocycles. The van der Waals surface area contributed by atoms with Crippen LogP contribution in [0, 0.1) is 13.8 Å². The molecule has 0 N–H and O–H groups in total. The van der Waals surface area contributed by atoms with Gasteiger partial charge in [0.05, 0.1) is 12.0 Å². The van der Waals surface area contributed by atoms with E-state index in [1.165, 1.54) is 0 Å². The highest BCUT2D eigenvalue weighted by atomic mass is 35.5. The number of nitrogens with zero attached hydrogens (tertiary/aromatic N) is 1. The summed E-state index contributed by atoms with van der Waals surface area (Å²) in [7, 11) is 0. The van der Waals surface area contributed by atoms with Crippen LogP contribution in [0.4, 0.5) is 0 Å². The number of carbonyl (C=O) groups is 1. The molecular weight excluding hydrogens is 238 g/mol. The van der Waals surface area contributed by atoms with E-state index in [0.717, 1.165) is 42.9 Å². The first kappa shape index (κ1) is 12.7. The maximum absolute atomic E-state index is 11.7. The molecule has 0 unspecified atom stereocenters. The fourth-order valence-corrected chi connectivity index (χ4v) is 2.57. The molecule has 1 aliphatic heterocycles. The molecule has 0 spiro atoms. The molecule has 0 amide bonds. The molecule has 94 valence electrons. The number of ketones is 1. The monoisotopic (exact) mass is 255 g/mol. The Morgan fingerprint density at radius 2 is 2.35 bits per heavy atom. The third-order valence-corrected chi connectivity index (χ3v) is 3.65. The van der Waals surface area contributed by atoms with Gasteiger partial charge in [-0.25, -0.2) is 0 Å². The fraction of sp³-hybridized carbons (Fsp3) is 0.615. The molecule has 0 aromatic carbocycles. The topological polar surface area (TPSA) is 31.2 Å². The van der Waals surface area contributed by atoms with Crippen molar-refractivity contribution < 1.29 is 9.53 Å². The van der Waals surface area contributed by atoms with Crippen LogP contribution in [0.2, 0.25) is 0 Å². The minimum atomic E-state index is -0.00152. The van der Waals surface area contributed by atoms with E-state index in [0.29, 0.717) is 6.10 Å². The van der Waals surface area contributed by atoms with Crippen LogP contribution >= 0.6 is 11.6 Å². The van der Waals surface area contributed by atoms with Gasteiger partial charge in [-0.1, -0.05) is 0 Å². The number of halogens is 1. The van der Waals surface area contributed by atoms with Gasteiger partial charge in [-0.05, 0) is 32.8 Å². The maximum atomic E-state index is 11.7. The smallest absolute Gasteiger partial charge is 0.179 e. The Balaban J connectivity index is 2.21. The Kier molecular flexibility index (Phi) is 3.89. The molecule has 2 heterocycles. The molecule has 1 atom stereocenters. The molecular formula is C13H18ClNO2. The number of ether oxygens (including phenoxy) is 1. The Morgan fingerprint density at radius 1 is 1.59 bits per heavy atom. The van der Waals surface area contributed by atoms with Crippen molar-refractivity contribution in [2.24, 2.45) is 0 Å². The van der Waals surface area contributed by atoms with Gasteiger partial charge in [-0.15, -0.1) is 11.6 Å². The van der Waals surface area contributed by atoms with Crippen LogP contribution in [0.5, 0.6) is 0 Å². The average Bonchev–Trinajstić information content (AvgIpc) is 2.91. The summed E-state index contributed by atoms with van der Waals surface area (Å²) >= 11 is 5.61. The van der Waals surface area contributed by atoms with Crippen molar-refractivity contribution in [2.45, 2.75) is 39.3 Å². The normalized spacial score (nSPS) is 19.8. The first-order valence-corrected chi connectivity index (χ1v) is 6.54. The predicted molar refractivity (Wildman–Crippen MR) is 67.9 cm³/mol. The lowest BCUT2D eigenvalue weighted by atomic mass is 10.2. The highest BCUT2D eigenvalue weighted by Gasteiger charge is 2.20. The van der Waals surface area contributed by atoms with Gasteiger partial charge < -0.3 is 9.30 Å². The Morgan fingerprint density at radius 3 is 2.94 bits per heavy atom. The lowest BCUT2D eigenvalue weighted by molar-refractivity contribution is 0.0957. The summed E-state index contributed by atoms with van der Waals surface area (Å²) < 4.78 is 7.79. The second-order valence-electron chi connectivity index (χ2n) is 4.59. The Bertz CT molecular complexity index is 419. The van der Waals surface area contributed by atoms with Crippen LogP contribution in [0.3, 0.4) is 0 Å². The van der Waals surface area contributed by atoms with Crippen molar-refractivity contribution in [1.82, 2.24) is 4.57 Å². The second-order valence-corrected chi connectivity index (χ2v) is 4.85. The second kappa shape index (κ2) is 5.23. The number of hydrogen-bond acceptors (Lipinski definition) is 2. The summed E-state index contributed by atoms with van der Waals surface area (Å²) in [5.74, 6) is 0.0443. The minimum Gasteiger partial charge on any atom is -0.376 e. The van der Waals surface area contributed by atoms with Crippen molar-refractivity contribution in [3.05, 3.63) is 23.0 Å². The first-order valence-electron chi connectivity index (χ1n) is 6.01. The zero-order valence-electron chi connectivity index (χ0n) is 10.3. The van der Waals surface area contributed by atoms with Crippen LogP contribution in [-0.4, -0.2) is 28.9 Å². The number of Topliss-reactive ketones (excluding diaryl/α,β-unsaturated/α-hetero) is 1. The highest BCUT2D eigenvalue weighted by molar-refractivity contribution is 6.30. The largest absolute Gasteiger partial charge is 0.376 e. The molecule has 2 rings (SSSR count). The summed E-state index contributed by atoms with van der Waals surface area (Å²) in [6, 6.07) is 1.93. The van der Waals surface area contributed by atoms with Crippen LogP contribution in [-0.2, 0) is 11.3 Å². The molecule has 0 bridgehead atoms. The highest BCUT2D eigenvalue weighted by Crippen LogP contribution is 2.20. The van der Waals surface area contributed by atoms with Crippen molar-refractivity contribution in [3.63, 3.8) is 0 Å². The van der Waals surface area contributed by atoms with Gasteiger partial charge >= 0.3 is 0 Å². The van der Waals surface area contributed by atoms with Crippen LogP contribution < -0.4 is 0 Å². The Labute approximate surface area is 107 Å².